The molecular weight excluding hydrogens is 250 g/mol. The summed E-state index contributed by atoms with van der Waals surface area (Å²) in [6, 6.07) is 0.407. The zero-order valence-corrected chi connectivity index (χ0v) is 12.2. The lowest BCUT2D eigenvalue weighted by Gasteiger charge is -2.23. The molecule has 1 fully saturated rings. The summed E-state index contributed by atoms with van der Waals surface area (Å²) in [7, 11) is -3.02. The quantitative estimate of drug-likeness (QED) is 0.580. The number of guanidine groups is 1. The van der Waals surface area contributed by atoms with Crippen molar-refractivity contribution in [2.24, 2.45) is 10.7 Å². The van der Waals surface area contributed by atoms with Crippen LogP contribution in [-0.2, 0) is 9.84 Å². The average Bonchev–Trinajstić information content (AvgIpc) is 2.29. The zero-order chi connectivity index (χ0) is 13.6. The van der Waals surface area contributed by atoms with Crippen LogP contribution >= 0.6 is 0 Å². The lowest BCUT2D eigenvalue weighted by molar-refractivity contribution is 0.412. The van der Waals surface area contributed by atoms with Gasteiger partial charge in [0.2, 0.25) is 0 Å². The van der Waals surface area contributed by atoms with E-state index < -0.39 is 9.84 Å². The third kappa shape index (κ3) is 5.25. The molecule has 0 aromatic rings. The minimum absolute atomic E-state index is 0.0672. The van der Waals surface area contributed by atoms with E-state index in [2.05, 4.69) is 10.3 Å². The Kier molecular flexibility index (Phi) is 5.91. The molecule has 0 aromatic carbocycles. The Hall–Kier alpha value is -0.780. The number of hydrogen-bond donors (Lipinski definition) is 2. The zero-order valence-electron chi connectivity index (χ0n) is 11.4. The highest BCUT2D eigenvalue weighted by molar-refractivity contribution is 7.92. The number of nitrogens with two attached hydrogens (primary N) is 1. The normalized spacial score (nSPS) is 19.2. The smallest absolute Gasteiger partial charge is 0.188 e. The lowest BCUT2D eigenvalue weighted by atomic mass is 9.96. The van der Waals surface area contributed by atoms with E-state index in [1.54, 1.807) is 13.8 Å². The first kappa shape index (κ1) is 15.3. The van der Waals surface area contributed by atoms with Gasteiger partial charge >= 0.3 is 0 Å². The first-order valence-corrected chi connectivity index (χ1v) is 8.41. The van der Waals surface area contributed by atoms with Crippen LogP contribution in [0, 0.1) is 0 Å². The van der Waals surface area contributed by atoms with E-state index in [0.717, 1.165) is 12.8 Å². The maximum Gasteiger partial charge on any atom is 0.188 e. The van der Waals surface area contributed by atoms with Gasteiger partial charge in [0.15, 0.2) is 15.8 Å². The second-order valence-corrected chi connectivity index (χ2v) is 7.84. The predicted molar refractivity (Wildman–Crippen MR) is 75.4 cm³/mol. The standard InChI is InChI=1S/C12H25N3O2S/c1-10(2)18(16,17)9-8-14-12(13)15-11-6-4-3-5-7-11/h10-11H,3-9H2,1-2H3,(H3,13,14,15). The molecule has 0 aliphatic heterocycles. The third-order valence-electron chi connectivity index (χ3n) is 3.33. The van der Waals surface area contributed by atoms with E-state index in [0.29, 0.717) is 12.0 Å². The van der Waals surface area contributed by atoms with Crippen LogP contribution in [0.25, 0.3) is 0 Å². The van der Waals surface area contributed by atoms with Gasteiger partial charge in [-0.25, -0.2) is 8.42 Å². The average molecular weight is 275 g/mol. The highest BCUT2D eigenvalue weighted by Gasteiger charge is 2.16. The number of sulfone groups is 1. The van der Waals surface area contributed by atoms with Gasteiger partial charge in [0.25, 0.3) is 0 Å². The van der Waals surface area contributed by atoms with Gasteiger partial charge in [-0.3, -0.25) is 4.99 Å². The Morgan fingerprint density at radius 1 is 1.33 bits per heavy atom. The molecule has 0 aromatic heterocycles. The number of nitrogens with one attached hydrogen (secondary N) is 1. The van der Waals surface area contributed by atoms with Crippen molar-refractivity contribution in [2.45, 2.75) is 57.2 Å². The van der Waals surface area contributed by atoms with Gasteiger partial charge in [-0.2, -0.15) is 0 Å². The molecule has 0 heterocycles. The van der Waals surface area contributed by atoms with Gasteiger partial charge in [0, 0.05) is 6.04 Å². The fourth-order valence-corrected chi connectivity index (χ4v) is 2.85. The van der Waals surface area contributed by atoms with Crippen LogP contribution in [0.4, 0.5) is 0 Å². The van der Waals surface area contributed by atoms with Gasteiger partial charge in [-0.15, -0.1) is 0 Å². The number of nitrogens with zero attached hydrogens (tertiary/aromatic N) is 1. The molecule has 1 aliphatic rings. The van der Waals surface area contributed by atoms with Crippen LogP contribution in [0.2, 0.25) is 0 Å². The molecule has 0 bridgehead atoms. The summed E-state index contributed by atoms with van der Waals surface area (Å²) >= 11 is 0. The molecule has 0 unspecified atom stereocenters. The summed E-state index contributed by atoms with van der Waals surface area (Å²) in [6.07, 6.45) is 6.00. The maximum atomic E-state index is 11.6. The Balaban J connectivity index is 2.33. The van der Waals surface area contributed by atoms with E-state index in [9.17, 15) is 8.42 Å². The van der Waals surface area contributed by atoms with Crippen molar-refractivity contribution in [3.8, 4) is 0 Å². The van der Waals surface area contributed by atoms with Crippen molar-refractivity contribution in [2.75, 3.05) is 12.3 Å². The molecule has 1 saturated carbocycles. The second-order valence-electron chi connectivity index (χ2n) is 5.16. The Morgan fingerprint density at radius 2 is 1.94 bits per heavy atom. The molecule has 5 nitrogen and oxygen atoms in total. The first-order valence-electron chi connectivity index (χ1n) is 6.70. The SMILES string of the molecule is CC(C)S(=O)(=O)CCN=C(N)NC1CCCCC1. The molecule has 0 amide bonds. The molecule has 0 saturated heterocycles. The van der Waals surface area contributed by atoms with Gasteiger partial charge in [0.05, 0.1) is 17.5 Å². The van der Waals surface area contributed by atoms with Crippen molar-refractivity contribution < 1.29 is 8.42 Å². The summed E-state index contributed by atoms with van der Waals surface area (Å²) in [5.74, 6) is 0.443. The van der Waals surface area contributed by atoms with Crippen LogP contribution in [0.1, 0.15) is 46.0 Å². The summed E-state index contributed by atoms with van der Waals surface area (Å²) in [5.41, 5.74) is 5.75. The molecule has 3 N–H and O–H groups in total. The van der Waals surface area contributed by atoms with Gasteiger partial charge < -0.3 is 11.1 Å². The van der Waals surface area contributed by atoms with E-state index in [-0.39, 0.29) is 17.5 Å². The maximum absolute atomic E-state index is 11.6. The van der Waals surface area contributed by atoms with Crippen LogP contribution in [0.3, 0.4) is 0 Å². The van der Waals surface area contributed by atoms with Gasteiger partial charge in [-0.05, 0) is 26.7 Å². The van der Waals surface area contributed by atoms with E-state index >= 15 is 0 Å². The minimum atomic E-state index is -3.02. The van der Waals surface area contributed by atoms with Crippen LogP contribution in [-0.4, -0.2) is 38.0 Å². The number of hydrogen-bond acceptors (Lipinski definition) is 3. The monoisotopic (exact) mass is 275 g/mol. The lowest BCUT2D eigenvalue weighted by Crippen LogP contribution is -2.41. The molecular formula is C12H25N3O2S. The fraction of sp³-hybridized carbons (Fsp3) is 0.917. The van der Waals surface area contributed by atoms with Crippen LogP contribution in [0.15, 0.2) is 4.99 Å². The molecule has 0 spiro atoms. The second kappa shape index (κ2) is 6.97. The summed E-state index contributed by atoms with van der Waals surface area (Å²) in [5, 5.41) is 2.82. The fourth-order valence-electron chi connectivity index (χ4n) is 2.03. The van der Waals surface area contributed by atoms with E-state index in [1.165, 1.54) is 19.3 Å². The molecule has 6 heteroatoms. The predicted octanol–water partition coefficient (Wildman–Crippen LogP) is 1.05. The van der Waals surface area contributed by atoms with Crippen molar-refractivity contribution in [3.63, 3.8) is 0 Å². The molecule has 18 heavy (non-hydrogen) atoms. The minimum Gasteiger partial charge on any atom is -0.370 e. The van der Waals surface area contributed by atoms with Crippen molar-refractivity contribution >= 4 is 15.8 Å². The molecule has 1 rings (SSSR count). The van der Waals surface area contributed by atoms with E-state index in [1.807, 2.05) is 0 Å². The molecule has 0 radical (unpaired) electrons. The first-order chi connectivity index (χ1) is 8.42. The summed E-state index contributed by atoms with van der Waals surface area (Å²) < 4.78 is 23.1. The highest BCUT2D eigenvalue weighted by atomic mass is 32.2. The largest absolute Gasteiger partial charge is 0.370 e. The molecule has 1 aliphatic carbocycles. The number of rotatable bonds is 5. The highest BCUT2D eigenvalue weighted by Crippen LogP contribution is 2.16. The van der Waals surface area contributed by atoms with Gasteiger partial charge in [0.1, 0.15) is 0 Å². The Bertz CT molecular complexity index is 371. The van der Waals surface area contributed by atoms with Gasteiger partial charge in [-0.1, -0.05) is 19.3 Å². The molecule has 0 atom stereocenters. The topological polar surface area (TPSA) is 84.5 Å². The van der Waals surface area contributed by atoms with Crippen molar-refractivity contribution in [1.82, 2.24) is 5.32 Å². The van der Waals surface area contributed by atoms with E-state index in [4.69, 9.17) is 5.73 Å². The van der Waals surface area contributed by atoms with Crippen molar-refractivity contribution in [1.29, 1.82) is 0 Å². The van der Waals surface area contributed by atoms with Crippen molar-refractivity contribution in [3.05, 3.63) is 0 Å². The number of aliphatic imine (C=N–C) groups is 1. The third-order valence-corrected chi connectivity index (χ3v) is 5.52. The summed E-state index contributed by atoms with van der Waals surface area (Å²) in [6.45, 7) is 3.61. The molecule has 106 valence electrons. The Morgan fingerprint density at radius 3 is 2.50 bits per heavy atom. The van der Waals surface area contributed by atoms with Crippen LogP contribution < -0.4 is 11.1 Å². The van der Waals surface area contributed by atoms with Crippen LogP contribution in [0.5, 0.6) is 0 Å². The summed E-state index contributed by atoms with van der Waals surface area (Å²) in [4.78, 5) is 4.09. The Labute approximate surface area is 110 Å².